The third-order valence-corrected chi connectivity index (χ3v) is 12.3. The van der Waals surface area contributed by atoms with Crippen molar-refractivity contribution >= 4 is 17.9 Å². The second-order valence-corrected chi connectivity index (χ2v) is 19.2. The first kappa shape index (κ1) is 66.3. The highest BCUT2D eigenvalue weighted by Gasteiger charge is 2.19. The Morgan fingerprint density at radius 1 is 0.300 bits per heavy atom. The molecule has 0 heterocycles. The normalized spacial score (nSPS) is 12.8. The highest BCUT2D eigenvalue weighted by molar-refractivity contribution is 5.71. The van der Waals surface area contributed by atoms with E-state index in [1.54, 1.807) is 0 Å². The number of rotatable bonds is 52. The number of esters is 3. The summed E-state index contributed by atoms with van der Waals surface area (Å²) in [6.45, 7) is 6.43. The molecule has 1 unspecified atom stereocenters. The number of allylic oxidation sites excluding steroid dienone is 16. The van der Waals surface area contributed by atoms with Gasteiger partial charge in [-0.15, -0.1) is 0 Å². The van der Waals surface area contributed by atoms with Gasteiger partial charge in [-0.2, -0.15) is 0 Å². The van der Waals surface area contributed by atoms with E-state index in [4.69, 9.17) is 14.2 Å². The summed E-state index contributed by atoms with van der Waals surface area (Å²) >= 11 is 0. The topological polar surface area (TPSA) is 78.9 Å². The van der Waals surface area contributed by atoms with Gasteiger partial charge in [0.05, 0.1) is 0 Å². The van der Waals surface area contributed by atoms with Crippen LogP contribution in [-0.2, 0) is 28.6 Å². The molecule has 1 atom stereocenters. The highest BCUT2D eigenvalue weighted by Crippen LogP contribution is 2.15. The monoisotopic (exact) mass is 973 g/mol. The molecule has 0 fully saturated rings. The molecule has 0 radical (unpaired) electrons. The van der Waals surface area contributed by atoms with Crippen molar-refractivity contribution in [1.82, 2.24) is 0 Å². The van der Waals surface area contributed by atoms with Crippen molar-refractivity contribution in [2.45, 2.75) is 277 Å². The number of carbonyl (C=O) groups excluding carboxylic acids is 3. The van der Waals surface area contributed by atoms with Gasteiger partial charge in [-0.05, 0) is 89.9 Å². The van der Waals surface area contributed by atoms with Gasteiger partial charge in [-0.3, -0.25) is 14.4 Å². The Kier molecular flexibility index (Phi) is 54.9. The molecule has 0 bridgehead atoms. The van der Waals surface area contributed by atoms with Crippen LogP contribution in [0, 0.1) is 0 Å². The Balaban J connectivity index is 4.29. The summed E-state index contributed by atoms with van der Waals surface area (Å²) in [6.07, 6.45) is 77.2. The molecule has 0 aromatic carbocycles. The molecule has 6 heteroatoms. The highest BCUT2D eigenvalue weighted by atomic mass is 16.6. The van der Waals surface area contributed by atoms with Gasteiger partial charge in [0, 0.05) is 19.3 Å². The van der Waals surface area contributed by atoms with E-state index in [1.165, 1.54) is 141 Å². The van der Waals surface area contributed by atoms with Crippen LogP contribution in [0.4, 0.5) is 0 Å². The molecule has 0 saturated carbocycles. The zero-order valence-electron chi connectivity index (χ0n) is 45.8. The minimum Gasteiger partial charge on any atom is -0.462 e. The second kappa shape index (κ2) is 57.9. The molecular formula is C64H108O6. The maximum absolute atomic E-state index is 12.8. The minimum atomic E-state index is -0.816. The average Bonchev–Trinajstić information content (AvgIpc) is 3.36. The predicted octanol–water partition coefficient (Wildman–Crippen LogP) is 19.7. The van der Waals surface area contributed by atoms with Crippen LogP contribution < -0.4 is 0 Å². The van der Waals surface area contributed by atoms with Crippen LogP contribution in [0.3, 0.4) is 0 Å². The van der Waals surface area contributed by atoms with Crippen molar-refractivity contribution in [1.29, 1.82) is 0 Å². The third kappa shape index (κ3) is 55.3. The lowest BCUT2D eigenvalue weighted by Gasteiger charge is -2.18. The molecule has 0 aliphatic rings. The summed E-state index contributed by atoms with van der Waals surface area (Å²) in [5, 5.41) is 0. The molecule has 0 spiro atoms. The zero-order chi connectivity index (χ0) is 50.7. The molecule has 0 aromatic heterocycles. The van der Waals surface area contributed by atoms with Crippen molar-refractivity contribution in [2.75, 3.05) is 13.2 Å². The first-order valence-corrected chi connectivity index (χ1v) is 29.2. The van der Waals surface area contributed by atoms with Gasteiger partial charge in [0.25, 0.3) is 0 Å². The summed E-state index contributed by atoms with van der Waals surface area (Å²) in [7, 11) is 0. The van der Waals surface area contributed by atoms with E-state index in [-0.39, 0.29) is 31.6 Å². The molecule has 0 rings (SSSR count). The van der Waals surface area contributed by atoms with Crippen molar-refractivity contribution in [3.8, 4) is 0 Å². The minimum absolute atomic E-state index is 0.107. The van der Waals surface area contributed by atoms with Crippen LogP contribution in [0.25, 0.3) is 0 Å². The van der Waals surface area contributed by atoms with Crippen LogP contribution in [0.2, 0.25) is 0 Å². The summed E-state index contributed by atoms with van der Waals surface area (Å²) in [5.41, 5.74) is 0. The fourth-order valence-corrected chi connectivity index (χ4v) is 7.97. The third-order valence-electron chi connectivity index (χ3n) is 12.3. The molecule has 0 N–H and O–H groups in total. The first-order valence-electron chi connectivity index (χ1n) is 29.2. The van der Waals surface area contributed by atoms with Gasteiger partial charge in [-0.1, -0.05) is 259 Å². The molecule has 70 heavy (non-hydrogen) atoms. The van der Waals surface area contributed by atoms with Gasteiger partial charge in [0.2, 0.25) is 0 Å². The Morgan fingerprint density at radius 2 is 0.586 bits per heavy atom. The van der Waals surface area contributed by atoms with Gasteiger partial charge in [0.15, 0.2) is 6.10 Å². The molecule has 0 aromatic rings. The molecule has 0 amide bonds. The van der Waals surface area contributed by atoms with Gasteiger partial charge in [-0.25, -0.2) is 0 Å². The van der Waals surface area contributed by atoms with Crippen molar-refractivity contribution in [2.24, 2.45) is 0 Å². The van der Waals surface area contributed by atoms with E-state index in [0.29, 0.717) is 19.3 Å². The SMILES string of the molecule is CC/C=C\C/C=C\C/C=C\C/C=C\C/C=C\C/C=C\CCC(=O)OC(COC(=O)CCCCCCCCCC)COC(=O)CCCCCCCCCCCCCCC/C=C\C/C=C\CCCCCCC. The molecule has 0 aliphatic heterocycles. The van der Waals surface area contributed by atoms with Gasteiger partial charge in [0.1, 0.15) is 13.2 Å². The Bertz CT molecular complexity index is 1400. The van der Waals surface area contributed by atoms with E-state index < -0.39 is 12.1 Å². The first-order chi connectivity index (χ1) is 34.5. The predicted molar refractivity (Wildman–Crippen MR) is 302 cm³/mol. The van der Waals surface area contributed by atoms with Crippen molar-refractivity contribution in [3.63, 3.8) is 0 Å². The summed E-state index contributed by atoms with van der Waals surface area (Å²) in [4.78, 5) is 38.0. The van der Waals surface area contributed by atoms with Crippen LogP contribution in [0.5, 0.6) is 0 Å². The summed E-state index contributed by atoms with van der Waals surface area (Å²) in [5.74, 6) is -0.994. The lowest BCUT2D eigenvalue weighted by atomic mass is 10.0. The molecule has 0 saturated heterocycles. The Hall–Kier alpha value is -3.67. The van der Waals surface area contributed by atoms with E-state index in [0.717, 1.165) is 83.5 Å². The van der Waals surface area contributed by atoms with Gasteiger partial charge < -0.3 is 14.2 Å². The largest absolute Gasteiger partial charge is 0.462 e. The van der Waals surface area contributed by atoms with Gasteiger partial charge >= 0.3 is 17.9 Å². The van der Waals surface area contributed by atoms with Crippen molar-refractivity contribution in [3.05, 3.63) is 97.2 Å². The lowest BCUT2D eigenvalue weighted by Crippen LogP contribution is -2.30. The standard InChI is InChI=1S/C64H108O6/c1-4-7-10-13-16-19-21-23-25-27-29-30-31-32-33-34-36-37-39-41-43-45-48-51-54-57-63(66)69-60-61(59-68-62(65)56-53-50-47-18-15-12-9-6-3)70-64(67)58-55-52-49-46-44-42-40-38-35-28-26-24-22-20-17-14-11-8-5-2/h8,11,17,20-21,23-24,26-27,29,35,38,42,44,49,52,61H,4-7,9-10,12-16,18-19,22,25,28,30-34,36-37,39-41,43,45-48,50-51,53-60H2,1-3H3/b11-8-,20-17-,23-21-,26-24-,29-27-,38-35-,44-42-,52-49-. The van der Waals surface area contributed by atoms with E-state index in [2.05, 4.69) is 112 Å². The maximum Gasteiger partial charge on any atom is 0.306 e. The van der Waals surface area contributed by atoms with Crippen LogP contribution in [0.15, 0.2) is 97.2 Å². The Labute approximate surface area is 432 Å². The zero-order valence-corrected chi connectivity index (χ0v) is 45.8. The summed E-state index contributed by atoms with van der Waals surface area (Å²) in [6, 6.07) is 0. The summed E-state index contributed by atoms with van der Waals surface area (Å²) < 4.78 is 16.7. The number of ether oxygens (including phenoxy) is 3. The van der Waals surface area contributed by atoms with Crippen LogP contribution in [-0.4, -0.2) is 37.2 Å². The van der Waals surface area contributed by atoms with E-state index in [9.17, 15) is 14.4 Å². The van der Waals surface area contributed by atoms with Crippen molar-refractivity contribution < 1.29 is 28.6 Å². The quantitative estimate of drug-likeness (QED) is 0.0262. The number of hydrogen-bond acceptors (Lipinski definition) is 6. The van der Waals surface area contributed by atoms with E-state index in [1.807, 2.05) is 6.08 Å². The van der Waals surface area contributed by atoms with E-state index >= 15 is 0 Å². The lowest BCUT2D eigenvalue weighted by molar-refractivity contribution is -0.166. The fraction of sp³-hybridized carbons (Fsp3) is 0.703. The second-order valence-electron chi connectivity index (χ2n) is 19.2. The average molecular weight is 974 g/mol. The smallest absolute Gasteiger partial charge is 0.306 e. The van der Waals surface area contributed by atoms with Crippen LogP contribution in [0.1, 0.15) is 271 Å². The fourth-order valence-electron chi connectivity index (χ4n) is 7.97. The number of unbranched alkanes of at least 4 members (excludes halogenated alkanes) is 25. The van der Waals surface area contributed by atoms with Crippen LogP contribution >= 0.6 is 0 Å². The maximum atomic E-state index is 12.8. The Morgan fingerprint density at radius 3 is 0.929 bits per heavy atom. The molecule has 6 nitrogen and oxygen atoms in total. The molecular weight excluding hydrogens is 865 g/mol. The molecule has 400 valence electrons. The number of hydrogen-bond donors (Lipinski definition) is 0. The molecule has 0 aliphatic carbocycles. The number of carbonyl (C=O) groups is 3.